The Balaban J connectivity index is 1.81. The highest BCUT2D eigenvalue weighted by Crippen LogP contribution is 2.28. The second-order valence-corrected chi connectivity index (χ2v) is 6.23. The van der Waals surface area contributed by atoms with E-state index in [9.17, 15) is 14.4 Å². The molecule has 0 aromatic heterocycles. The van der Waals surface area contributed by atoms with Crippen LogP contribution in [0.25, 0.3) is 10.8 Å². The van der Waals surface area contributed by atoms with Crippen molar-refractivity contribution >= 4 is 45.3 Å². The minimum Gasteiger partial charge on any atom is -0.325 e. The average Bonchev–Trinajstić information content (AvgIpc) is 2.85. The number of hydrogen-bond donors (Lipinski definition) is 2. The fourth-order valence-electron chi connectivity index (χ4n) is 2.42. The predicted octanol–water partition coefficient (Wildman–Crippen LogP) is 2.77. The van der Waals surface area contributed by atoms with Gasteiger partial charge in [-0.3, -0.25) is 19.7 Å². The van der Waals surface area contributed by atoms with Gasteiger partial charge in [0, 0.05) is 11.1 Å². The van der Waals surface area contributed by atoms with Crippen LogP contribution in [-0.2, 0) is 9.59 Å². The molecule has 1 aliphatic rings. The molecule has 0 aliphatic carbocycles. The first kappa shape index (κ1) is 14.6. The van der Waals surface area contributed by atoms with Gasteiger partial charge in [-0.2, -0.15) is 0 Å². The second kappa shape index (κ2) is 5.81. The summed E-state index contributed by atoms with van der Waals surface area (Å²) in [7, 11) is 0. The molecule has 0 spiro atoms. The van der Waals surface area contributed by atoms with Gasteiger partial charge in [0.2, 0.25) is 11.8 Å². The third-order valence-electron chi connectivity index (χ3n) is 3.63. The fourth-order valence-corrected chi connectivity index (χ4v) is 3.30. The van der Waals surface area contributed by atoms with Gasteiger partial charge in [-0.05, 0) is 11.5 Å². The molecule has 1 heterocycles. The van der Waals surface area contributed by atoms with E-state index in [4.69, 9.17) is 0 Å². The van der Waals surface area contributed by atoms with Crippen molar-refractivity contribution in [2.45, 2.75) is 12.2 Å². The lowest BCUT2D eigenvalue weighted by Gasteiger charge is -2.16. The number of imide groups is 1. The summed E-state index contributed by atoms with van der Waals surface area (Å²) in [4.78, 5) is 35.3. The minimum atomic E-state index is -0.678. The third kappa shape index (κ3) is 2.69. The van der Waals surface area contributed by atoms with Crippen molar-refractivity contribution in [3.05, 3.63) is 42.5 Å². The third-order valence-corrected chi connectivity index (χ3v) is 4.83. The van der Waals surface area contributed by atoms with Gasteiger partial charge in [-0.15, -0.1) is 0 Å². The zero-order valence-corrected chi connectivity index (χ0v) is 12.6. The first-order valence-electron chi connectivity index (χ1n) is 6.86. The number of anilines is 1. The highest BCUT2D eigenvalue weighted by atomic mass is 32.2. The summed E-state index contributed by atoms with van der Waals surface area (Å²) in [5.41, 5.74) is 0.699. The zero-order valence-electron chi connectivity index (χ0n) is 11.8. The Labute approximate surface area is 131 Å². The van der Waals surface area contributed by atoms with Crippen molar-refractivity contribution in [1.82, 2.24) is 5.32 Å². The second-order valence-electron chi connectivity index (χ2n) is 5.12. The van der Waals surface area contributed by atoms with E-state index in [0.29, 0.717) is 5.69 Å². The molecule has 1 saturated heterocycles. The molecule has 2 aromatic carbocycles. The van der Waals surface area contributed by atoms with Crippen molar-refractivity contribution in [3.8, 4) is 0 Å². The van der Waals surface area contributed by atoms with Crippen LogP contribution in [0.1, 0.15) is 6.92 Å². The maximum Gasteiger partial charge on any atom is 0.286 e. The van der Waals surface area contributed by atoms with Gasteiger partial charge in [-0.1, -0.05) is 55.1 Å². The molecule has 0 radical (unpaired) electrons. The molecule has 0 saturated carbocycles. The number of fused-ring (bicyclic) bond motifs is 1. The molecule has 3 rings (SSSR count). The summed E-state index contributed by atoms with van der Waals surface area (Å²) >= 11 is 0.864. The van der Waals surface area contributed by atoms with Crippen LogP contribution in [-0.4, -0.2) is 22.3 Å². The number of amides is 3. The SMILES string of the molecule is CC(C(=O)Nc1cccc2ccccc12)C1SC(=O)NC1=O. The van der Waals surface area contributed by atoms with Crippen LogP contribution in [0.5, 0.6) is 0 Å². The number of rotatable bonds is 3. The molecule has 2 unspecified atom stereocenters. The van der Waals surface area contributed by atoms with Gasteiger partial charge >= 0.3 is 0 Å². The molecule has 22 heavy (non-hydrogen) atoms. The summed E-state index contributed by atoms with van der Waals surface area (Å²) in [6, 6.07) is 13.4. The van der Waals surface area contributed by atoms with Crippen molar-refractivity contribution in [2.75, 3.05) is 5.32 Å². The Morgan fingerprint density at radius 3 is 2.64 bits per heavy atom. The van der Waals surface area contributed by atoms with Gasteiger partial charge in [-0.25, -0.2) is 0 Å². The molecule has 3 amide bonds. The normalized spacial score (nSPS) is 19.0. The zero-order chi connectivity index (χ0) is 15.7. The van der Waals surface area contributed by atoms with Crippen LogP contribution in [0.4, 0.5) is 10.5 Å². The summed E-state index contributed by atoms with van der Waals surface area (Å²) in [5.74, 6) is -1.29. The summed E-state index contributed by atoms with van der Waals surface area (Å²) in [6.07, 6.45) is 0. The molecule has 112 valence electrons. The number of carbonyl (C=O) groups is 3. The molecular formula is C16H14N2O3S. The Kier molecular flexibility index (Phi) is 3.85. The Morgan fingerprint density at radius 1 is 1.18 bits per heavy atom. The van der Waals surface area contributed by atoms with E-state index in [1.165, 1.54) is 0 Å². The average molecular weight is 314 g/mol. The lowest BCUT2D eigenvalue weighted by molar-refractivity contribution is -0.125. The van der Waals surface area contributed by atoms with Crippen molar-refractivity contribution < 1.29 is 14.4 Å². The quantitative estimate of drug-likeness (QED) is 0.913. The van der Waals surface area contributed by atoms with Gasteiger partial charge in [0.05, 0.1) is 5.92 Å². The summed E-state index contributed by atoms with van der Waals surface area (Å²) < 4.78 is 0. The first-order chi connectivity index (χ1) is 10.6. The molecular weight excluding hydrogens is 300 g/mol. The number of nitrogens with one attached hydrogen (secondary N) is 2. The van der Waals surface area contributed by atoms with Crippen molar-refractivity contribution in [1.29, 1.82) is 0 Å². The monoisotopic (exact) mass is 314 g/mol. The number of benzene rings is 2. The number of carbonyl (C=O) groups excluding carboxylic acids is 3. The van der Waals surface area contributed by atoms with Crippen LogP contribution in [0, 0.1) is 5.92 Å². The molecule has 1 fully saturated rings. The van der Waals surface area contributed by atoms with Crippen molar-refractivity contribution in [2.24, 2.45) is 5.92 Å². The molecule has 5 nitrogen and oxygen atoms in total. The highest BCUT2D eigenvalue weighted by molar-refractivity contribution is 8.15. The van der Waals surface area contributed by atoms with E-state index in [0.717, 1.165) is 22.5 Å². The molecule has 0 bridgehead atoms. The Hall–Kier alpha value is -2.34. The van der Waals surface area contributed by atoms with E-state index in [1.54, 1.807) is 6.92 Å². The predicted molar refractivity (Wildman–Crippen MR) is 86.7 cm³/mol. The first-order valence-corrected chi connectivity index (χ1v) is 7.74. The van der Waals surface area contributed by atoms with Gasteiger partial charge in [0.15, 0.2) is 0 Å². The van der Waals surface area contributed by atoms with Crippen LogP contribution >= 0.6 is 11.8 Å². The molecule has 1 aliphatic heterocycles. The van der Waals surface area contributed by atoms with Crippen LogP contribution in [0.3, 0.4) is 0 Å². The summed E-state index contributed by atoms with van der Waals surface area (Å²) in [6.45, 7) is 1.65. The van der Waals surface area contributed by atoms with E-state index in [1.807, 2.05) is 42.5 Å². The van der Waals surface area contributed by atoms with Crippen LogP contribution in [0.2, 0.25) is 0 Å². The van der Waals surface area contributed by atoms with E-state index >= 15 is 0 Å². The lowest BCUT2D eigenvalue weighted by atomic mass is 10.0. The van der Waals surface area contributed by atoms with Gasteiger partial charge < -0.3 is 5.32 Å². The smallest absolute Gasteiger partial charge is 0.286 e. The van der Waals surface area contributed by atoms with Gasteiger partial charge in [0.25, 0.3) is 5.24 Å². The topological polar surface area (TPSA) is 75.3 Å². The van der Waals surface area contributed by atoms with Crippen LogP contribution in [0.15, 0.2) is 42.5 Å². The van der Waals surface area contributed by atoms with E-state index in [2.05, 4.69) is 10.6 Å². The molecule has 2 N–H and O–H groups in total. The van der Waals surface area contributed by atoms with E-state index in [-0.39, 0.29) is 5.91 Å². The van der Waals surface area contributed by atoms with E-state index < -0.39 is 22.3 Å². The number of hydrogen-bond acceptors (Lipinski definition) is 4. The maximum absolute atomic E-state index is 12.4. The summed E-state index contributed by atoms with van der Waals surface area (Å²) in [5, 5.41) is 5.93. The van der Waals surface area contributed by atoms with Gasteiger partial charge in [0.1, 0.15) is 5.25 Å². The standard InChI is InChI=1S/C16H14N2O3S/c1-9(13-15(20)18-16(21)22-13)14(19)17-12-8-4-6-10-5-2-3-7-11(10)12/h2-9,13H,1H3,(H,17,19)(H,18,20,21). The number of thioether (sulfide) groups is 1. The Morgan fingerprint density at radius 2 is 1.91 bits per heavy atom. The molecule has 6 heteroatoms. The highest BCUT2D eigenvalue weighted by Gasteiger charge is 2.38. The largest absolute Gasteiger partial charge is 0.325 e. The van der Waals surface area contributed by atoms with Crippen molar-refractivity contribution in [3.63, 3.8) is 0 Å². The maximum atomic E-state index is 12.4. The minimum absolute atomic E-state index is 0.279. The molecule has 2 aromatic rings. The van der Waals surface area contributed by atoms with Crippen LogP contribution < -0.4 is 10.6 Å². The Bertz CT molecular complexity index is 770. The lowest BCUT2D eigenvalue weighted by Crippen LogP contribution is -2.35. The molecule has 2 atom stereocenters. The fraction of sp³-hybridized carbons (Fsp3) is 0.188.